The van der Waals surface area contributed by atoms with Crippen molar-refractivity contribution in [3.8, 4) is 0 Å². The summed E-state index contributed by atoms with van der Waals surface area (Å²) >= 11 is 4.54. The van der Waals surface area contributed by atoms with Crippen LogP contribution in [0.1, 0.15) is 28.2 Å². The first-order valence-corrected chi connectivity index (χ1v) is 11.6. The number of hydrogen-bond donors (Lipinski definition) is 1. The van der Waals surface area contributed by atoms with Crippen LogP contribution in [0.3, 0.4) is 0 Å². The van der Waals surface area contributed by atoms with Gasteiger partial charge in [-0.25, -0.2) is 13.4 Å². The van der Waals surface area contributed by atoms with Crippen molar-refractivity contribution in [3.05, 3.63) is 51.0 Å². The van der Waals surface area contributed by atoms with E-state index >= 15 is 0 Å². The molecule has 0 spiro atoms. The van der Waals surface area contributed by atoms with Gasteiger partial charge in [0.2, 0.25) is 10.0 Å². The second-order valence-electron chi connectivity index (χ2n) is 6.25. The van der Waals surface area contributed by atoms with Crippen molar-refractivity contribution in [2.75, 3.05) is 13.1 Å². The number of amides is 1. The van der Waals surface area contributed by atoms with E-state index in [1.165, 1.54) is 10.4 Å². The van der Waals surface area contributed by atoms with Gasteiger partial charge in [-0.3, -0.25) is 4.79 Å². The van der Waals surface area contributed by atoms with Crippen molar-refractivity contribution in [3.63, 3.8) is 0 Å². The Morgan fingerprint density at radius 2 is 2.00 bits per heavy atom. The van der Waals surface area contributed by atoms with Gasteiger partial charge >= 0.3 is 0 Å². The van der Waals surface area contributed by atoms with Crippen molar-refractivity contribution < 1.29 is 13.2 Å². The molecule has 4 heterocycles. The molecule has 0 aliphatic carbocycles. The Kier molecular flexibility index (Phi) is 5.06. The van der Waals surface area contributed by atoms with Crippen LogP contribution in [0.15, 0.2) is 45.3 Å². The number of imidazole rings is 1. The molecule has 0 bridgehead atoms. The third kappa shape index (κ3) is 3.66. The predicted molar refractivity (Wildman–Crippen MR) is 106 cm³/mol. The molecule has 0 saturated carbocycles. The lowest BCUT2D eigenvalue weighted by Crippen LogP contribution is -2.30. The van der Waals surface area contributed by atoms with E-state index in [0.717, 1.165) is 34.3 Å². The molecule has 4 rings (SSSR count). The number of halogens is 1. The summed E-state index contributed by atoms with van der Waals surface area (Å²) in [6.07, 6.45) is 5.42. The Labute approximate surface area is 169 Å². The lowest BCUT2D eigenvalue weighted by molar-refractivity contribution is 0.0951. The number of carbonyl (C=O) groups excluding carboxylic acids is 1. The standard InChI is InChI=1S/C17H17BrN4O3S2/c18-12-3-4-15-20-13(11-21(15)10-12)9-19-17(23)16-14(5-8-26-16)27(24,25)22-6-1-2-7-22/h3-5,8,10-11H,1-2,6-7,9H2,(H,19,23). The van der Waals surface area contributed by atoms with Crippen molar-refractivity contribution >= 4 is 48.8 Å². The van der Waals surface area contributed by atoms with Gasteiger partial charge in [-0.15, -0.1) is 11.3 Å². The third-order valence-electron chi connectivity index (χ3n) is 4.41. The maximum Gasteiger partial charge on any atom is 0.263 e. The SMILES string of the molecule is O=C(NCc1cn2cc(Br)ccc2n1)c1sccc1S(=O)(=O)N1CCCC1. The Hall–Kier alpha value is -1.75. The average molecular weight is 469 g/mol. The maximum atomic E-state index is 12.8. The van der Waals surface area contributed by atoms with E-state index in [1.54, 1.807) is 5.38 Å². The number of fused-ring (bicyclic) bond motifs is 1. The van der Waals surface area contributed by atoms with E-state index in [-0.39, 0.29) is 16.3 Å². The molecule has 10 heteroatoms. The molecule has 142 valence electrons. The number of sulfonamides is 1. The van der Waals surface area contributed by atoms with Gasteiger partial charge in [0.25, 0.3) is 5.91 Å². The summed E-state index contributed by atoms with van der Waals surface area (Å²) in [4.78, 5) is 17.4. The molecule has 1 N–H and O–H groups in total. The molecule has 0 unspecified atom stereocenters. The second kappa shape index (κ2) is 7.34. The van der Waals surface area contributed by atoms with Gasteiger partial charge in [-0.1, -0.05) is 0 Å². The molecule has 3 aromatic rings. The molecule has 0 atom stereocenters. The normalized spacial score (nSPS) is 15.4. The fourth-order valence-corrected chi connectivity index (χ4v) is 6.27. The largest absolute Gasteiger partial charge is 0.346 e. The number of thiophene rings is 1. The summed E-state index contributed by atoms with van der Waals surface area (Å²) in [6, 6.07) is 5.27. The van der Waals surface area contributed by atoms with Gasteiger partial charge in [0, 0.05) is 30.0 Å². The molecule has 27 heavy (non-hydrogen) atoms. The highest BCUT2D eigenvalue weighted by atomic mass is 79.9. The third-order valence-corrected chi connectivity index (χ3v) is 7.87. The van der Waals surface area contributed by atoms with E-state index in [4.69, 9.17) is 0 Å². The first kappa shape index (κ1) is 18.6. The van der Waals surface area contributed by atoms with Crippen molar-refractivity contribution in [1.82, 2.24) is 19.0 Å². The molecule has 1 aliphatic rings. The van der Waals surface area contributed by atoms with Crippen LogP contribution in [-0.2, 0) is 16.6 Å². The lowest BCUT2D eigenvalue weighted by atomic mass is 10.4. The van der Waals surface area contributed by atoms with Crippen molar-refractivity contribution in [2.24, 2.45) is 0 Å². The molecule has 7 nitrogen and oxygen atoms in total. The van der Waals surface area contributed by atoms with Crippen LogP contribution in [0, 0.1) is 0 Å². The first-order valence-electron chi connectivity index (χ1n) is 8.44. The minimum atomic E-state index is -3.62. The van der Waals surface area contributed by atoms with Crippen LogP contribution in [0.2, 0.25) is 0 Å². The minimum absolute atomic E-state index is 0.0887. The quantitative estimate of drug-likeness (QED) is 0.623. The van der Waals surface area contributed by atoms with Crippen LogP contribution in [0.4, 0.5) is 0 Å². The highest BCUT2D eigenvalue weighted by Gasteiger charge is 2.31. The Morgan fingerprint density at radius 3 is 2.78 bits per heavy atom. The molecule has 1 amide bonds. The Balaban J connectivity index is 1.51. The van der Waals surface area contributed by atoms with Gasteiger partial charge in [0.15, 0.2) is 0 Å². The average Bonchev–Trinajstić information content (AvgIpc) is 3.38. The minimum Gasteiger partial charge on any atom is -0.346 e. The smallest absolute Gasteiger partial charge is 0.263 e. The summed E-state index contributed by atoms with van der Waals surface area (Å²) in [7, 11) is -3.62. The van der Waals surface area contributed by atoms with Gasteiger partial charge in [0.05, 0.1) is 12.2 Å². The molecule has 1 aliphatic heterocycles. The molecule has 0 aromatic carbocycles. The zero-order valence-corrected chi connectivity index (χ0v) is 17.5. The fourth-order valence-electron chi connectivity index (χ4n) is 3.09. The van der Waals surface area contributed by atoms with Gasteiger partial charge in [-0.2, -0.15) is 4.31 Å². The fraction of sp³-hybridized carbons (Fsp3) is 0.294. The first-order chi connectivity index (χ1) is 12.9. The molecule has 0 radical (unpaired) electrons. The van der Waals surface area contributed by atoms with Gasteiger partial charge in [-0.05, 0) is 52.4 Å². The predicted octanol–water partition coefficient (Wildman–Crippen LogP) is 2.87. The number of pyridine rings is 1. The molecular formula is C17H17BrN4O3S2. The van der Waals surface area contributed by atoms with Gasteiger partial charge < -0.3 is 9.72 Å². The van der Waals surface area contributed by atoms with Crippen LogP contribution in [0.25, 0.3) is 5.65 Å². The van der Waals surface area contributed by atoms with E-state index in [9.17, 15) is 13.2 Å². The number of rotatable bonds is 5. The molecular weight excluding hydrogens is 452 g/mol. The lowest BCUT2D eigenvalue weighted by Gasteiger charge is -2.15. The monoisotopic (exact) mass is 468 g/mol. The number of nitrogens with zero attached hydrogens (tertiary/aromatic N) is 3. The van der Waals surface area contributed by atoms with Crippen LogP contribution in [-0.4, -0.2) is 41.1 Å². The topological polar surface area (TPSA) is 83.8 Å². The molecule has 1 saturated heterocycles. The van der Waals surface area contributed by atoms with E-state index in [1.807, 2.05) is 28.9 Å². The number of nitrogens with one attached hydrogen (secondary N) is 1. The van der Waals surface area contributed by atoms with E-state index in [2.05, 4.69) is 26.2 Å². The number of hydrogen-bond acceptors (Lipinski definition) is 5. The van der Waals surface area contributed by atoms with E-state index < -0.39 is 15.9 Å². The highest BCUT2D eigenvalue weighted by molar-refractivity contribution is 9.10. The summed E-state index contributed by atoms with van der Waals surface area (Å²) in [5.74, 6) is -0.402. The second-order valence-corrected chi connectivity index (χ2v) is 9.99. The molecule has 3 aromatic heterocycles. The van der Waals surface area contributed by atoms with Gasteiger partial charge in [0.1, 0.15) is 15.4 Å². The Morgan fingerprint density at radius 1 is 1.22 bits per heavy atom. The molecule has 1 fully saturated rings. The maximum absolute atomic E-state index is 12.8. The number of aromatic nitrogens is 2. The number of carbonyl (C=O) groups is 1. The van der Waals surface area contributed by atoms with Crippen molar-refractivity contribution in [1.29, 1.82) is 0 Å². The summed E-state index contributed by atoms with van der Waals surface area (Å²) < 4.78 is 29.8. The summed E-state index contributed by atoms with van der Waals surface area (Å²) in [6.45, 7) is 1.24. The highest BCUT2D eigenvalue weighted by Crippen LogP contribution is 2.27. The van der Waals surface area contributed by atoms with Crippen molar-refractivity contribution in [2.45, 2.75) is 24.3 Å². The zero-order chi connectivity index (χ0) is 19.0. The summed E-state index contributed by atoms with van der Waals surface area (Å²) in [5.41, 5.74) is 1.47. The zero-order valence-electron chi connectivity index (χ0n) is 14.3. The van der Waals surface area contributed by atoms with Crippen LogP contribution < -0.4 is 5.32 Å². The van der Waals surface area contributed by atoms with Crippen LogP contribution in [0.5, 0.6) is 0 Å². The van der Waals surface area contributed by atoms with E-state index in [0.29, 0.717) is 18.8 Å². The Bertz CT molecular complexity index is 1100. The summed E-state index contributed by atoms with van der Waals surface area (Å²) in [5, 5.41) is 4.42. The van der Waals surface area contributed by atoms with Crippen LogP contribution >= 0.6 is 27.3 Å².